The summed E-state index contributed by atoms with van der Waals surface area (Å²) >= 11 is 1.89. The quantitative estimate of drug-likeness (QED) is 0.819. The lowest BCUT2D eigenvalue weighted by Crippen LogP contribution is -2.37. The SMILES string of the molecule is O=C(c1ccc(F)cc1)N1CCC(c2nc3c(s2)CCCC3)CC1. The van der Waals surface area contributed by atoms with E-state index in [1.165, 1.54) is 47.0 Å². The van der Waals surface area contributed by atoms with Crippen molar-refractivity contribution >= 4 is 17.2 Å². The maximum absolute atomic E-state index is 13.0. The number of likely N-dealkylation sites (tertiary alicyclic amines) is 1. The summed E-state index contributed by atoms with van der Waals surface area (Å²) < 4.78 is 13.0. The molecule has 126 valence electrons. The number of rotatable bonds is 2. The summed E-state index contributed by atoms with van der Waals surface area (Å²) in [5.74, 6) is 0.183. The molecule has 1 fully saturated rings. The number of halogens is 1. The van der Waals surface area contributed by atoms with Crippen LogP contribution < -0.4 is 0 Å². The fraction of sp³-hybridized carbons (Fsp3) is 0.474. The van der Waals surface area contributed by atoms with E-state index >= 15 is 0 Å². The topological polar surface area (TPSA) is 33.2 Å². The average molecular weight is 344 g/mol. The van der Waals surface area contributed by atoms with Crippen molar-refractivity contribution in [1.29, 1.82) is 0 Å². The summed E-state index contributed by atoms with van der Waals surface area (Å²) in [6.07, 6.45) is 6.82. The number of thiazole rings is 1. The lowest BCUT2D eigenvalue weighted by Gasteiger charge is -2.31. The second-order valence-corrected chi connectivity index (χ2v) is 7.82. The molecule has 1 aromatic carbocycles. The number of carbonyl (C=O) groups is 1. The van der Waals surface area contributed by atoms with Crippen molar-refractivity contribution in [2.24, 2.45) is 0 Å². The lowest BCUT2D eigenvalue weighted by atomic mass is 9.96. The van der Waals surface area contributed by atoms with Gasteiger partial charge in [0.1, 0.15) is 5.82 Å². The van der Waals surface area contributed by atoms with E-state index in [9.17, 15) is 9.18 Å². The van der Waals surface area contributed by atoms with Gasteiger partial charge in [-0.1, -0.05) is 0 Å². The van der Waals surface area contributed by atoms with Crippen LogP contribution in [0.3, 0.4) is 0 Å². The van der Waals surface area contributed by atoms with Gasteiger partial charge in [0.05, 0.1) is 10.7 Å². The zero-order chi connectivity index (χ0) is 16.5. The standard InChI is InChI=1S/C19H21FN2OS/c20-15-7-5-14(6-8-15)19(23)22-11-9-13(10-12-22)18-21-16-3-1-2-4-17(16)24-18/h5-8,13H,1-4,9-12H2. The fourth-order valence-electron chi connectivity index (χ4n) is 3.65. The van der Waals surface area contributed by atoms with E-state index in [4.69, 9.17) is 4.98 Å². The van der Waals surface area contributed by atoms with Crippen LogP contribution in [0.2, 0.25) is 0 Å². The third kappa shape index (κ3) is 3.09. The van der Waals surface area contributed by atoms with Gasteiger partial charge in [0.2, 0.25) is 0 Å². The van der Waals surface area contributed by atoms with E-state index in [1.54, 1.807) is 12.1 Å². The summed E-state index contributed by atoms with van der Waals surface area (Å²) in [6, 6.07) is 5.83. The summed E-state index contributed by atoms with van der Waals surface area (Å²) in [6.45, 7) is 1.51. The van der Waals surface area contributed by atoms with Crippen molar-refractivity contribution in [3.8, 4) is 0 Å². The Kier molecular flexibility index (Phi) is 4.35. The Morgan fingerprint density at radius 1 is 1.12 bits per heavy atom. The lowest BCUT2D eigenvalue weighted by molar-refractivity contribution is 0.0713. The molecule has 1 amide bonds. The number of amides is 1. The molecule has 0 unspecified atom stereocenters. The molecule has 1 saturated heterocycles. The number of benzene rings is 1. The van der Waals surface area contributed by atoms with Crippen molar-refractivity contribution in [3.05, 3.63) is 51.2 Å². The van der Waals surface area contributed by atoms with Gasteiger partial charge in [-0.05, 0) is 62.8 Å². The molecular formula is C19H21FN2OS. The number of hydrogen-bond donors (Lipinski definition) is 0. The third-order valence-electron chi connectivity index (χ3n) is 5.08. The summed E-state index contributed by atoms with van der Waals surface area (Å²) in [5.41, 5.74) is 1.89. The molecule has 0 N–H and O–H groups in total. The van der Waals surface area contributed by atoms with Crippen molar-refractivity contribution in [2.45, 2.75) is 44.4 Å². The first-order chi connectivity index (χ1) is 11.7. The van der Waals surface area contributed by atoms with Crippen LogP contribution in [0.25, 0.3) is 0 Å². The van der Waals surface area contributed by atoms with Crippen LogP contribution >= 0.6 is 11.3 Å². The van der Waals surface area contributed by atoms with Gasteiger partial charge in [0, 0.05) is 29.4 Å². The van der Waals surface area contributed by atoms with Gasteiger partial charge in [-0.25, -0.2) is 9.37 Å². The van der Waals surface area contributed by atoms with Gasteiger partial charge in [-0.15, -0.1) is 11.3 Å². The minimum absolute atomic E-state index is 0.00637. The molecule has 0 saturated carbocycles. The second kappa shape index (κ2) is 6.63. The first-order valence-corrected chi connectivity index (χ1v) is 9.55. The number of hydrogen-bond acceptors (Lipinski definition) is 3. The first kappa shape index (κ1) is 15.8. The van der Waals surface area contributed by atoms with Crippen LogP contribution in [0.1, 0.15) is 57.5 Å². The van der Waals surface area contributed by atoms with E-state index < -0.39 is 0 Å². The van der Waals surface area contributed by atoms with Crippen LogP contribution in [-0.4, -0.2) is 28.9 Å². The van der Waals surface area contributed by atoms with Crippen molar-refractivity contribution in [3.63, 3.8) is 0 Å². The summed E-state index contributed by atoms with van der Waals surface area (Å²) in [4.78, 5) is 20.8. The van der Waals surface area contributed by atoms with Crippen LogP contribution in [0, 0.1) is 5.82 Å². The molecule has 0 bridgehead atoms. The first-order valence-electron chi connectivity index (χ1n) is 8.74. The predicted octanol–water partition coefficient (Wildman–Crippen LogP) is 4.18. The molecule has 2 aromatic rings. The fourth-order valence-corrected chi connectivity index (χ4v) is 4.97. The Hall–Kier alpha value is -1.75. The highest BCUT2D eigenvalue weighted by atomic mass is 32.1. The Balaban J connectivity index is 1.40. The molecule has 2 heterocycles. The van der Waals surface area contributed by atoms with Gasteiger partial charge in [0.15, 0.2) is 0 Å². The Morgan fingerprint density at radius 3 is 2.54 bits per heavy atom. The third-order valence-corrected chi connectivity index (χ3v) is 6.40. The molecule has 1 aliphatic carbocycles. The molecule has 2 aliphatic rings. The summed E-state index contributed by atoms with van der Waals surface area (Å²) in [7, 11) is 0. The molecule has 0 atom stereocenters. The van der Waals surface area contributed by atoms with Crippen LogP contribution in [-0.2, 0) is 12.8 Å². The van der Waals surface area contributed by atoms with E-state index in [-0.39, 0.29) is 11.7 Å². The molecule has 0 radical (unpaired) electrons. The molecule has 24 heavy (non-hydrogen) atoms. The smallest absolute Gasteiger partial charge is 0.253 e. The van der Waals surface area contributed by atoms with Gasteiger partial charge in [-0.2, -0.15) is 0 Å². The highest BCUT2D eigenvalue weighted by Gasteiger charge is 2.27. The molecule has 4 rings (SSSR count). The zero-order valence-corrected chi connectivity index (χ0v) is 14.4. The van der Waals surface area contributed by atoms with Crippen molar-refractivity contribution in [1.82, 2.24) is 9.88 Å². The van der Waals surface area contributed by atoms with Gasteiger partial charge in [0.25, 0.3) is 5.91 Å². The minimum Gasteiger partial charge on any atom is -0.339 e. The number of piperidine rings is 1. The number of carbonyl (C=O) groups excluding carboxylic acids is 1. The van der Waals surface area contributed by atoms with Crippen LogP contribution in [0.4, 0.5) is 4.39 Å². The maximum atomic E-state index is 13.0. The van der Waals surface area contributed by atoms with Gasteiger partial charge in [-0.3, -0.25) is 4.79 Å². The number of fused-ring (bicyclic) bond motifs is 1. The van der Waals surface area contributed by atoms with E-state index in [0.717, 1.165) is 32.4 Å². The van der Waals surface area contributed by atoms with Gasteiger partial charge < -0.3 is 4.90 Å². The van der Waals surface area contributed by atoms with Crippen LogP contribution in [0.15, 0.2) is 24.3 Å². The van der Waals surface area contributed by atoms with E-state index in [0.29, 0.717) is 11.5 Å². The number of aryl methyl sites for hydroxylation is 2. The molecule has 1 aliphatic heterocycles. The van der Waals surface area contributed by atoms with Crippen LogP contribution in [0.5, 0.6) is 0 Å². The number of nitrogens with zero attached hydrogens (tertiary/aromatic N) is 2. The highest BCUT2D eigenvalue weighted by Crippen LogP contribution is 2.35. The zero-order valence-electron chi connectivity index (χ0n) is 13.6. The van der Waals surface area contributed by atoms with E-state index in [1.807, 2.05) is 16.2 Å². The molecule has 5 heteroatoms. The summed E-state index contributed by atoms with van der Waals surface area (Å²) in [5, 5.41) is 1.27. The Morgan fingerprint density at radius 2 is 1.83 bits per heavy atom. The molecule has 0 spiro atoms. The van der Waals surface area contributed by atoms with Crippen molar-refractivity contribution < 1.29 is 9.18 Å². The minimum atomic E-state index is -0.307. The normalized spacial score (nSPS) is 18.5. The monoisotopic (exact) mass is 344 g/mol. The molecule has 3 nitrogen and oxygen atoms in total. The average Bonchev–Trinajstić information content (AvgIpc) is 3.06. The van der Waals surface area contributed by atoms with Gasteiger partial charge >= 0.3 is 0 Å². The largest absolute Gasteiger partial charge is 0.339 e. The van der Waals surface area contributed by atoms with E-state index in [2.05, 4.69) is 0 Å². The van der Waals surface area contributed by atoms with Crippen molar-refractivity contribution in [2.75, 3.05) is 13.1 Å². The predicted molar refractivity (Wildman–Crippen MR) is 93.0 cm³/mol. The molecular weight excluding hydrogens is 323 g/mol. The maximum Gasteiger partial charge on any atom is 0.253 e. The molecule has 1 aromatic heterocycles. The highest BCUT2D eigenvalue weighted by molar-refractivity contribution is 7.11. The second-order valence-electron chi connectivity index (χ2n) is 6.70. The number of aromatic nitrogens is 1. The Labute approximate surface area is 145 Å². The Bertz CT molecular complexity index is 709.